The zero-order chi connectivity index (χ0) is 16.4. The third-order valence-electron chi connectivity index (χ3n) is 4.31. The van der Waals surface area contributed by atoms with Crippen LogP contribution in [0.2, 0.25) is 0 Å². The zero-order valence-corrected chi connectivity index (χ0v) is 13.9. The van der Waals surface area contributed by atoms with Gasteiger partial charge in [-0.25, -0.2) is 0 Å². The lowest BCUT2D eigenvalue weighted by Crippen LogP contribution is -2.16. The molecule has 122 valence electrons. The average Bonchev–Trinajstić information content (AvgIpc) is 3.34. The minimum atomic E-state index is 0.663. The predicted octanol–water partition coefficient (Wildman–Crippen LogP) is 3.55. The standard InChI is InChI=1S/C20H22N4/c1-15-6-5-7-16(12-15)14-24-22-19(13-21-18-10-11-18)20(23-24)17-8-3-2-4-9-17/h2-9,12,18,21H,10-11,13-14H2,1H3. The van der Waals surface area contributed by atoms with Crippen molar-refractivity contribution >= 4 is 0 Å². The number of hydrogen-bond acceptors (Lipinski definition) is 3. The van der Waals surface area contributed by atoms with Crippen molar-refractivity contribution in [2.45, 2.75) is 38.9 Å². The molecule has 1 aliphatic carbocycles. The minimum absolute atomic E-state index is 0.663. The summed E-state index contributed by atoms with van der Waals surface area (Å²) in [4.78, 5) is 1.82. The Hall–Kier alpha value is -2.46. The molecule has 24 heavy (non-hydrogen) atoms. The molecule has 0 saturated heterocycles. The fourth-order valence-corrected chi connectivity index (χ4v) is 2.89. The van der Waals surface area contributed by atoms with Gasteiger partial charge in [0.1, 0.15) is 11.4 Å². The summed E-state index contributed by atoms with van der Waals surface area (Å²) in [7, 11) is 0. The number of nitrogens with one attached hydrogen (secondary N) is 1. The first-order chi connectivity index (χ1) is 11.8. The van der Waals surface area contributed by atoms with Crippen LogP contribution in [0.3, 0.4) is 0 Å². The molecule has 2 aromatic carbocycles. The van der Waals surface area contributed by atoms with E-state index in [0.29, 0.717) is 12.6 Å². The number of rotatable bonds is 6. The Morgan fingerprint density at radius 3 is 2.62 bits per heavy atom. The largest absolute Gasteiger partial charge is 0.308 e. The van der Waals surface area contributed by atoms with Crippen LogP contribution in [-0.4, -0.2) is 21.0 Å². The zero-order valence-electron chi connectivity index (χ0n) is 13.9. The molecule has 0 spiro atoms. The topological polar surface area (TPSA) is 42.7 Å². The molecule has 0 atom stereocenters. The Bertz CT molecular complexity index is 819. The molecule has 1 heterocycles. The average molecular weight is 318 g/mol. The smallest absolute Gasteiger partial charge is 0.117 e. The fourth-order valence-electron chi connectivity index (χ4n) is 2.89. The van der Waals surface area contributed by atoms with Gasteiger partial charge >= 0.3 is 0 Å². The molecule has 1 aliphatic rings. The van der Waals surface area contributed by atoms with E-state index in [9.17, 15) is 0 Å². The van der Waals surface area contributed by atoms with E-state index < -0.39 is 0 Å². The van der Waals surface area contributed by atoms with Crippen LogP contribution in [0, 0.1) is 6.92 Å². The van der Waals surface area contributed by atoms with E-state index in [4.69, 9.17) is 10.2 Å². The molecule has 0 radical (unpaired) electrons. The SMILES string of the molecule is Cc1cccc(Cn2nc(CNC3CC3)c(-c3ccccc3)n2)c1. The maximum absolute atomic E-state index is 4.77. The highest BCUT2D eigenvalue weighted by atomic mass is 15.5. The van der Waals surface area contributed by atoms with Crippen molar-refractivity contribution in [3.05, 3.63) is 71.4 Å². The van der Waals surface area contributed by atoms with Gasteiger partial charge in [0.2, 0.25) is 0 Å². The first-order valence-corrected chi connectivity index (χ1v) is 8.56. The molecule has 3 aromatic rings. The normalized spacial score (nSPS) is 14.0. The highest BCUT2D eigenvalue weighted by Crippen LogP contribution is 2.23. The summed E-state index contributed by atoms with van der Waals surface area (Å²) in [5.41, 5.74) is 5.63. The van der Waals surface area contributed by atoms with Gasteiger partial charge in [-0.3, -0.25) is 0 Å². The van der Waals surface area contributed by atoms with Gasteiger partial charge in [-0.05, 0) is 25.3 Å². The first-order valence-electron chi connectivity index (χ1n) is 8.56. The predicted molar refractivity (Wildman–Crippen MR) is 95.6 cm³/mol. The summed E-state index contributed by atoms with van der Waals surface area (Å²) in [6.45, 7) is 3.59. The van der Waals surface area contributed by atoms with Crippen LogP contribution in [-0.2, 0) is 13.1 Å². The van der Waals surface area contributed by atoms with Crippen LogP contribution >= 0.6 is 0 Å². The summed E-state index contributed by atoms with van der Waals surface area (Å²) in [5.74, 6) is 0. The Morgan fingerprint density at radius 2 is 1.88 bits per heavy atom. The monoisotopic (exact) mass is 318 g/mol. The molecule has 1 N–H and O–H groups in total. The van der Waals surface area contributed by atoms with E-state index >= 15 is 0 Å². The van der Waals surface area contributed by atoms with Crippen molar-refractivity contribution in [1.82, 2.24) is 20.3 Å². The Kier molecular flexibility index (Phi) is 4.13. The third-order valence-corrected chi connectivity index (χ3v) is 4.31. The number of aryl methyl sites for hydroxylation is 1. The molecule has 0 amide bonds. The Labute approximate surface area is 142 Å². The van der Waals surface area contributed by atoms with E-state index in [-0.39, 0.29) is 0 Å². The Morgan fingerprint density at radius 1 is 1.04 bits per heavy atom. The second kappa shape index (κ2) is 6.57. The molecular formula is C20H22N4. The first kappa shape index (κ1) is 15.1. The minimum Gasteiger partial charge on any atom is -0.308 e. The van der Waals surface area contributed by atoms with Crippen LogP contribution in [0.4, 0.5) is 0 Å². The second-order valence-electron chi connectivity index (χ2n) is 6.54. The van der Waals surface area contributed by atoms with Crippen LogP contribution in [0.15, 0.2) is 54.6 Å². The van der Waals surface area contributed by atoms with Crippen molar-refractivity contribution in [3.63, 3.8) is 0 Å². The van der Waals surface area contributed by atoms with Gasteiger partial charge in [0.05, 0.1) is 6.54 Å². The molecule has 4 heteroatoms. The quantitative estimate of drug-likeness (QED) is 0.756. The van der Waals surface area contributed by atoms with Crippen molar-refractivity contribution in [2.24, 2.45) is 0 Å². The highest BCUT2D eigenvalue weighted by Gasteiger charge is 2.22. The highest BCUT2D eigenvalue weighted by molar-refractivity contribution is 5.60. The van der Waals surface area contributed by atoms with Crippen LogP contribution < -0.4 is 5.32 Å². The summed E-state index contributed by atoms with van der Waals surface area (Å²) in [6.07, 6.45) is 2.55. The third kappa shape index (κ3) is 3.54. The lowest BCUT2D eigenvalue weighted by molar-refractivity contribution is 0.576. The lowest BCUT2D eigenvalue weighted by Gasteiger charge is -2.02. The molecule has 4 nitrogen and oxygen atoms in total. The van der Waals surface area contributed by atoms with Gasteiger partial charge in [0.15, 0.2) is 0 Å². The molecule has 0 bridgehead atoms. The van der Waals surface area contributed by atoms with Gasteiger partial charge < -0.3 is 5.32 Å². The summed E-state index contributed by atoms with van der Waals surface area (Å²) < 4.78 is 0. The van der Waals surface area contributed by atoms with Crippen LogP contribution in [0.5, 0.6) is 0 Å². The summed E-state index contributed by atoms with van der Waals surface area (Å²) >= 11 is 0. The number of hydrogen-bond donors (Lipinski definition) is 1. The van der Waals surface area contributed by atoms with Crippen molar-refractivity contribution in [1.29, 1.82) is 0 Å². The second-order valence-corrected chi connectivity index (χ2v) is 6.54. The van der Waals surface area contributed by atoms with E-state index in [1.807, 2.05) is 23.0 Å². The van der Waals surface area contributed by atoms with E-state index in [2.05, 4.69) is 48.6 Å². The van der Waals surface area contributed by atoms with Crippen molar-refractivity contribution < 1.29 is 0 Å². The maximum Gasteiger partial charge on any atom is 0.117 e. The van der Waals surface area contributed by atoms with Crippen LogP contribution in [0.25, 0.3) is 11.3 Å². The fraction of sp³-hybridized carbons (Fsp3) is 0.300. The summed E-state index contributed by atoms with van der Waals surface area (Å²) in [6, 6.07) is 19.5. The number of aromatic nitrogens is 3. The van der Waals surface area contributed by atoms with Gasteiger partial charge in [0, 0.05) is 18.2 Å². The molecule has 4 rings (SSSR count). The molecule has 1 saturated carbocycles. The summed E-state index contributed by atoms with van der Waals surface area (Å²) in [5, 5.41) is 13.1. The van der Waals surface area contributed by atoms with Crippen molar-refractivity contribution in [2.75, 3.05) is 0 Å². The molecule has 0 unspecified atom stereocenters. The number of nitrogens with zero attached hydrogens (tertiary/aromatic N) is 3. The lowest BCUT2D eigenvalue weighted by atomic mass is 10.1. The molecule has 1 fully saturated rings. The van der Waals surface area contributed by atoms with Gasteiger partial charge in [0.25, 0.3) is 0 Å². The maximum atomic E-state index is 4.77. The molecule has 0 aliphatic heterocycles. The van der Waals surface area contributed by atoms with Gasteiger partial charge in [-0.2, -0.15) is 15.0 Å². The molecular weight excluding hydrogens is 296 g/mol. The Balaban J connectivity index is 1.62. The van der Waals surface area contributed by atoms with Crippen LogP contribution in [0.1, 0.15) is 29.7 Å². The van der Waals surface area contributed by atoms with E-state index in [1.165, 1.54) is 24.0 Å². The number of benzene rings is 2. The van der Waals surface area contributed by atoms with Gasteiger partial charge in [-0.1, -0.05) is 60.2 Å². The van der Waals surface area contributed by atoms with Gasteiger partial charge in [-0.15, -0.1) is 0 Å². The van der Waals surface area contributed by atoms with E-state index in [1.54, 1.807) is 0 Å². The van der Waals surface area contributed by atoms with E-state index in [0.717, 1.165) is 23.5 Å². The van der Waals surface area contributed by atoms with Crippen molar-refractivity contribution in [3.8, 4) is 11.3 Å². The molecule has 1 aromatic heterocycles.